The molecular weight excluding hydrogens is 538 g/mol. The molecular formula is C37H22ClN3O. The fourth-order valence-corrected chi connectivity index (χ4v) is 5.88. The largest absolute Gasteiger partial charge is 0.455 e. The second-order valence-electron chi connectivity index (χ2n) is 10.2. The number of halogens is 1. The molecule has 0 fully saturated rings. The smallest absolute Gasteiger partial charge is 0.226 e. The van der Waals surface area contributed by atoms with Gasteiger partial charge < -0.3 is 4.42 Å². The molecule has 0 amide bonds. The summed E-state index contributed by atoms with van der Waals surface area (Å²) in [6, 6.07) is 45.5. The molecule has 0 aliphatic heterocycles. The zero-order chi connectivity index (χ0) is 28.0. The lowest BCUT2D eigenvalue weighted by atomic mass is 9.97. The van der Waals surface area contributed by atoms with Crippen LogP contribution in [-0.2, 0) is 0 Å². The zero-order valence-electron chi connectivity index (χ0n) is 22.3. The van der Waals surface area contributed by atoms with E-state index in [2.05, 4.69) is 101 Å². The maximum Gasteiger partial charge on any atom is 0.226 e. The number of hydrogen-bond acceptors (Lipinski definition) is 4. The highest BCUT2D eigenvalue weighted by Crippen LogP contribution is 2.39. The molecule has 5 heteroatoms. The van der Waals surface area contributed by atoms with Crippen LogP contribution >= 0.6 is 11.6 Å². The van der Waals surface area contributed by atoms with Crippen LogP contribution in [0.5, 0.6) is 0 Å². The Bertz CT molecular complexity index is 2250. The summed E-state index contributed by atoms with van der Waals surface area (Å²) < 4.78 is 6.57. The second-order valence-corrected chi connectivity index (χ2v) is 10.5. The van der Waals surface area contributed by atoms with Gasteiger partial charge in [0, 0.05) is 21.9 Å². The Balaban J connectivity index is 1.23. The Morgan fingerprint density at radius 1 is 0.405 bits per heavy atom. The molecule has 0 saturated carbocycles. The Morgan fingerprint density at radius 2 is 0.952 bits per heavy atom. The van der Waals surface area contributed by atoms with Crippen molar-refractivity contribution in [2.75, 3.05) is 0 Å². The molecule has 0 aliphatic rings. The number of fused-ring (bicyclic) bond motifs is 4. The number of nitrogens with zero attached hydrogens (tertiary/aromatic N) is 3. The van der Waals surface area contributed by atoms with Gasteiger partial charge in [0.1, 0.15) is 11.2 Å². The summed E-state index contributed by atoms with van der Waals surface area (Å²) in [7, 11) is 0. The average molecular weight is 560 g/mol. The molecule has 198 valence electrons. The zero-order valence-corrected chi connectivity index (χ0v) is 23.1. The molecule has 8 aromatic rings. The quantitative estimate of drug-likeness (QED) is 0.215. The first-order chi connectivity index (χ1) is 20.7. The van der Waals surface area contributed by atoms with E-state index in [-0.39, 0.29) is 5.28 Å². The molecule has 0 saturated heterocycles. The number of benzene rings is 6. The highest BCUT2D eigenvalue weighted by atomic mass is 35.5. The Labute approximate surface area is 246 Å². The topological polar surface area (TPSA) is 51.8 Å². The normalized spacial score (nSPS) is 11.5. The van der Waals surface area contributed by atoms with E-state index in [4.69, 9.17) is 21.0 Å². The SMILES string of the molecule is Clc1nc(-c2ccc(-c3cccc4ccccc34)cc2)nc(-c2cccc3c2oc2c(-c4ccccc4)cccc23)n1. The van der Waals surface area contributed by atoms with Crippen molar-refractivity contribution in [3.63, 3.8) is 0 Å². The molecule has 2 heterocycles. The van der Waals surface area contributed by atoms with Crippen LogP contribution in [0.4, 0.5) is 0 Å². The molecule has 0 atom stereocenters. The third-order valence-electron chi connectivity index (χ3n) is 7.70. The number of para-hydroxylation sites is 2. The molecule has 0 radical (unpaired) electrons. The lowest BCUT2D eigenvalue weighted by Crippen LogP contribution is -1.97. The number of rotatable bonds is 4. The standard InChI is InChI=1S/C37H22ClN3O/c38-37-40-35(26-21-19-25(20-22-26)28-14-6-12-23-11-4-5-13-27(23)28)39-36(41-37)32-18-8-17-31-30-16-7-15-29(33(30)42-34(31)32)24-9-2-1-3-10-24/h1-22H. The van der Waals surface area contributed by atoms with E-state index in [1.54, 1.807) is 0 Å². The van der Waals surface area contributed by atoms with Crippen molar-refractivity contribution in [3.05, 3.63) is 139 Å². The van der Waals surface area contributed by atoms with Crippen LogP contribution in [-0.4, -0.2) is 15.0 Å². The van der Waals surface area contributed by atoms with Gasteiger partial charge in [0.15, 0.2) is 11.6 Å². The Hall–Kier alpha value is -5.32. The minimum absolute atomic E-state index is 0.131. The molecule has 4 nitrogen and oxygen atoms in total. The molecule has 0 unspecified atom stereocenters. The predicted octanol–water partition coefficient (Wildman–Crippen LogP) is 10.2. The van der Waals surface area contributed by atoms with Gasteiger partial charge in [0.25, 0.3) is 0 Å². The lowest BCUT2D eigenvalue weighted by Gasteiger charge is -2.09. The van der Waals surface area contributed by atoms with Gasteiger partial charge in [-0.15, -0.1) is 0 Å². The third kappa shape index (κ3) is 4.12. The van der Waals surface area contributed by atoms with E-state index in [9.17, 15) is 0 Å². The molecule has 6 aromatic carbocycles. The summed E-state index contributed by atoms with van der Waals surface area (Å²) >= 11 is 6.48. The van der Waals surface area contributed by atoms with Crippen LogP contribution in [0, 0.1) is 0 Å². The van der Waals surface area contributed by atoms with Crippen LogP contribution in [0.3, 0.4) is 0 Å². The van der Waals surface area contributed by atoms with Crippen LogP contribution in [0.1, 0.15) is 0 Å². The van der Waals surface area contributed by atoms with Crippen LogP contribution in [0.2, 0.25) is 5.28 Å². The number of hydrogen-bond donors (Lipinski definition) is 0. The molecule has 42 heavy (non-hydrogen) atoms. The van der Waals surface area contributed by atoms with E-state index in [1.807, 2.05) is 42.5 Å². The average Bonchev–Trinajstić information content (AvgIpc) is 3.44. The highest BCUT2D eigenvalue weighted by molar-refractivity contribution is 6.28. The number of furan rings is 1. The molecule has 0 aliphatic carbocycles. The second kappa shape index (κ2) is 9.95. The number of aromatic nitrogens is 3. The van der Waals surface area contributed by atoms with E-state index < -0.39 is 0 Å². The van der Waals surface area contributed by atoms with Gasteiger partial charge in [0.05, 0.1) is 5.56 Å². The van der Waals surface area contributed by atoms with Crippen LogP contribution in [0.15, 0.2) is 138 Å². The van der Waals surface area contributed by atoms with Gasteiger partial charge in [-0.2, -0.15) is 9.97 Å². The molecule has 0 spiro atoms. The van der Waals surface area contributed by atoms with Gasteiger partial charge >= 0.3 is 0 Å². The summed E-state index contributed by atoms with van der Waals surface area (Å²) in [4.78, 5) is 13.8. The van der Waals surface area contributed by atoms with Crippen molar-refractivity contribution in [1.29, 1.82) is 0 Å². The fraction of sp³-hybridized carbons (Fsp3) is 0. The maximum atomic E-state index is 6.57. The third-order valence-corrected chi connectivity index (χ3v) is 7.87. The van der Waals surface area contributed by atoms with E-state index >= 15 is 0 Å². The molecule has 0 N–H and O–H groups in total. The van der Waals surface area contributed by atoms with E-state index in [1.165, 1.54) is 16.3 Å². The highest BCUT2D eigenvalue weighted by Gasteiger charge is 2.18. The predicted molar refractivity (Wildman–Crippen MR) is 171 cm³/mol. The van der Waals surface area contributed by atoms with Crippen LogP contribution in [0.25, 0.3) is 77.7 Å². The first kappa shape index (κ1) is 24.5. The Kier molecular flexibility index (Phi) is 5.80. The molecule has 2 aromatic heterocycles. The molecule has 8 rings (SSSR count). The first-order valence-corrected chi connectivity index (χ1v) is 14.1. The van der Waals surface area contributed by atoms with Crippen LogP contribution < -0.4 is 0 Å². The van der Waals surface area contributed by atoms with E-state index in [0.29, 0.717) is 11.6 Å². The maximum absolute atomic E-state index is 6.57. The van der Waals surface area contributed by atoms with Crippen molar-refractivity contribution in [1.82, 2.24) is 15.0 Å². The van der Waals surface area contributed by atoms with Crippen molar-refractivity contribution in [2.45, 2.75) is 0 Å². The molecule has 0 bridgehead atoms. The van der Waals surface area contributed by atoms with Crippen molar-refractivity contribution >= 4 is 44.3 Å². The Morgan fingerprint density at radius 3 is 1.76 bits per heavy atom. The van der Waals surface area contributed by atoms with Gasteiger partial charge in [-0.3, -0.25) is 0 Å². The summed E-state index contributed by atoms with van der Waals surface area (Å²) in [6.45, 7) is 0. The monoisotopic (exact) mass is 559 g/mol. The lowest BCUT2D eigenvalue weighted by molar-refractivity contribution is 0.670. The van der Waals surface area contributed by atoms with E-state index in [0.717, 1.165) is 49.8 Å². The summed E-state index contributed by atoms with van der Waals surface area (Å²) in [6.07, 6.45) is 0. The van der Waals surface area contributed by atoms with Gasteiger partial charge in [-0.05, 0) is 45.1 Å². The summed E-state index contributed by atoms with van der Waals surface area (Å²) in [5.74, 6) is 0.974. The van der Waals surface area contributed by atoms with Gasteiger partial charge in [0.2, 0.25) is 5.28 Å². The summed E-state index contributed by atoms with van der Waals surface area (Å²) in [5, 5.41) is 4.60. The minimum atomic E-state index is 0.131. The van der Waals surface area contributed by atoms with Gasteiger partial charge in [-0.25, -0.2) is 4.98 Å². The van der Waals surface area contributed by atoms with Crippen molar-refractivity contribution in [2.24, 2.45) is 0 Å². The van der Waals surface area contributed by atoms with Crippen molar-refractivity contribution < 1.29 is 4.42 Å². The first-order valence-electron chi connectivity index (χ1n) is 13.7. The minimum Gasteiger partial charge on any atom is -0.455 e. The fourth-order valence-electron chi connectivity index (χ4n) is 5.72. The van der Waals surface area contributed by atoms with Gasteiger partial charge in [-0.1, -0.05) is 127 Å². The van der Waals surface area contributed by atoms with Crippen molar-refractivity contribution in [3.8, 4) is 45.0 Å². The summed E-state index contributed by atoms with van der Waals surface area (Å²) in [5.41, 5.74) is 7.61.